The Morgan fingerprint density at radius 3 is 1.11 bits per heavy atom. The van der Waals surface area contributed by atoms with Crippen LogP contribution in [0.2, 0.25) is 0 Å². The fourth-order valence-electron chi connectivity index (χ4n) is 3.59. The molecule has 4 aromatic carbocycles. The molecule has 0 aliphatic carbocycles. The first kappa shape index (κ1) is 24.3. The third-order valence-electron chi connectivity index (χ3n) is 5.52. The fourth-order valence-corrected chi connectivity index (χ4v) is 3.59. The zero-order valence-electron chi connectivity index (χ0n) is 19.7. The van der Waals surface area contributed by atoms with E-state index in [0.717, 1.165) is 11.1 Å². The quantitative estimate of drug-likeness (QED) is 0.201. The first-order valence-electron chi connectivity index (χ1n) is 11.2. The van der Waals surface area contributed by atoms with Gasteiger partial charge in [0, 0.05) is 22.3 Å². The minimum atomic E-state index is -0.885. The van der Waals surface area contributed by atoms with E-state index in [9.17, 15) is 19.2 Å². The molecule has 0 spiro atoms. The predicted molar refractivity (Wildman–Crippen MR) is 133 cm³/mol. The van der Waals surface area contributed by atoms with Crippen molar-refractivity contribution in [2.45, 2.75) is 13.8 Å². The molecule has 6 heteroatoms. The third-order valence-corrected chi connectivity index (χ3v) is 5.52. The highest BCUT2D eigenvalue weighted by Crippen LogP contribution is 2.15. The number of hydrogen-bond donors (Lipinski definition) is 0. The van der Waals surface area contributed by atoms with Gasteiger partial charge in [0.2, 0.25) is 0 Å². The van der Waals surface area contributed by atoms with Gasteiger partial charge in [-0.2, -0.15) is 0 Å². The molecule has 0 heterocycles. The van der Waals surface area contributed by atoms with Gasteiger partial charge in [0.15, 0.2) is 11.6 Å². The maximum absolute atomic E-state index is 12.6. The summed E-state index contributed by atoms with van der Waals surface area (Å²) < 4.78 is 0. The molecular formula is C30H22O6. The zero-order valence-corrected chi connectivity index (χ0v) is 19.7. The predicted octanol–water partition coefficient (Wildman–Crippen LogP) is 5.69. The van der Waals surface area contributed by atoms with Crippen molar-refractivity contribution in [1.82, 2.24) is 0 Å². The molecule has 0 aliphatic heterocycles. The second-order valence-corrected chi connectivity index (χ2v) is 8.29. The van der Waals surface area contributed by atoms with Crippen molar-refractivity contribution >= 4 is 23.5 Å². The van der Waals surface area contributed by atoms with Crippen LogP contribution in [0, 0.1) is 13.8 Å². The Hall–Kier alpha value is -4.84. The van der Waals surface area contributed by atoms with Crippen molar-refractivity contribution in [1.29, 1.82) is 0 Å². The summed E-state index contributed by atoms with van der Waals surface area (Å²) in [6, 6.07) is 26.1. The molecule has 4 aromatic rings. The van der Waals surface area contributed by atoms with Crippen LogP contribution >= 0.6 is 0 Å². The van der Waals surface area contributed by atoms with Crippen molar-refractivity contribution in [2.24, 2.45) is 0 Å². The number of benzene rings is 4. The first-order chi connectivity index (χ1) is 17.3. The van der Waals surface area contributed by atoms with E-state index in [1.54, 1.807) is 36.4 Å². The molecule has 4 rings (SSSR count). The van der Waals surface area contributed by atoms with Gasteiger partial charge in [0.25, 0.3) is 0 Å². The summed E-state index contributed by atoms with van der Waals surface area (Å²) in [4.78, 5) is 59.1. The molecule has 0 fully saturated rings. The van der Waals surface area contributed by atoms with Gasteiger partial charge in [-0.3, -0.25) is 9.59 Å². The number of carbonyl (C=O) groups is 4. The van der Waals surface area contributed by atoms with Crippen LogP contribution in [0.15, 0.2) is 97.1 Å². The molecule has 0 radical (unpaired) electrons. The molecule has 0 bridgehead atoms. The Bertz CT molecular complexity index is 1340. The highest BCUT2D eigenvalue weighted by molar-refractivity contribution is 6.10. The smallest absolute Gasteiger partial charge is 0.289 e. The summed E-state index contributed by atoms with van der Waals surface area (Å²) in [5.74, 6) is -2.11. The Morgan fingerprint density at radius 2 is 0.778 bits per heavy atom. The second-order valence-electron chi connectivity index (χ2n) is 8.29. The van der Waals surface area contributed by atoms with E-state index in [2.05, 4.69) is 9.78 Å². The van der Waals surface area contributed by atoms with Crippen LogP contribution in [0.3, 0.4) is 0 Å². The summed E-state index contributed by atoms with van der Waals surface area (Å²) >= 11 is 0. The largest absolute Gasteiger partial charge is 0.386 e. The van der Waals surface area contributed by atoms with E-state index in [0.29, 0.717) is 22.3 Å². The maximum Gasteiger partial charge on any atom is 0.386 e. The van der Waals surface area contributed by atoms with Gasteiger partial charge in [0.1, 0.15) is 0 Å². The van der Waals surface area contributed by atoms with Gasteiger partial charge < -0.3 is 0 Å². The first-order valence-corrected chi connectivity index (χ1v) is 11.2. The Kier molecular flexibility index (Phi) is 7.16. The summed E-state index contributed by atoms with van der Waals surface area (Å²) in [6.07, 6.45) is 0. The molecule has 0 saturated carbocycles. The Labute approximate surface area is 208 Å². The van der Waals surface area contributed by atoms with Crippen LogP contribution in [0.25, 0.3) is 0 Å². The van der Waals surface area contributed by atoms with E-state index in [-0.39, 0.29) is 22.7 Å². The normalized spacial score (nSPS) is 10.4. The molecule has 0 atom stereocenters. The van der Waals surface area contributed by atoms with Crippen LogP contribution in [0.1, 0.15) is 63.7 Å². The SMILES string of the molecule is Cc1cccc(C(=O)c2ccc(C(=O)OOC(=O)c3ccc(C(=O)c4cccc(C)c4)cc3)cc2)c1. The number of aryl methyl sites for hydroxylation is 2. The van der Waals surface area contributed by atoms with Crippen molar-refractivity contribution in [3.8, 4) is 0 Å². The number of ketones is 2. The Morgan fingerprint density at radius 1 is 0.444 bits per heavy atom. The minimum Gasteiger partial charge on any atom is -0.289 e. The fraction of sp³-hybridized carbons (Fsp3) is 0.0667. The van der Waals surface area contributed by atoms with Crippen LogP contribution < -0.4 is 0 Å². The highest BCUT2D eigenvalue weighted by Gasteiger charge is 2.17. The molecule has 0 N–H and O–H groups in total. The molecule has 0 saturated heterocycles. The summed E-state index contributed by atoms with van der Waals surface area (Å²) in [6.45, 7) is 3.80. The average molecular weight is 479 g/mol. The zero-order chi connectivity index (χ0) is 25.7. The average Bonchev–Trinajstić information content (AvgIpc) is 2.91. The molecule has 178 valence electrons. The minimum absolute atomic E-state index is 0.114. The molecule has 0 amide bonds. The summed E-state index contributed by atoms with van der Waals surface area (Å²) in [5.41, 5.74) is 4.08. The third kappa shape index (κ3) is 5.62. The molecule has 0 aromatic heterocycles. The summed E-state index contributed by atoms with van der Waals surface area (Å²) in [5, 5.41) is 0. The van der Waals surface area contributed by atoms with E-state index in [1.807, 2.05) is 26.0 Å². The number of hydrogen-bond acceptors (Lipinski definition) is 6. The van der Waals surface area contributed by atoms with Crippen LogP contribution in [0.4, 0.5) is 0 Å². The van der Waals surface area contributed by atoms with Gasteiger partial charge >= 0.3 is 11.9 Å². The molecular weight excluding hydrogens is 456 g/mol. The van der Waals surface area contributed by atoms with Gasteiger partial charge in [0.05, 0.1) is 11.1 Å². The van der Waals surface area contributed by atoms with Crippen LogP contribution in [0.5, 0.6) is 0 Å². The van der Waals surface area contributed by atoms with Crippen molar-refractivity contribution in [2.75, 3.05) is 0 Å². The molecule has 6 nitrogen and oxygen atoms in total. The van der Waals surface area contributed by atoms with Gasteiger partial charge in [-0.1, -0.05) is 71.8 Å². The maximum atomic E-state index is 12.6. The van der Waals surface area contributed by atoms with Crippen LogP contribution in [-0.2, 0) is 9.78 Å². The van der Waals surface area contributed by atoms with Crippen molar-refractivity contribution in [3.05, 3.63) is 142 Å². The second kappa shape index (κ2) is 10.6. The van der Waals surface area contributed by atoms with Gasteiger partial charge in [-0.05, 0) is 50.2 Å². The van der Waals surface area contributed by atoms with Crippen LogP contribution in [-0.4, -0.2) is 23.5 Å². The lowest BCUT2D eigenvalue weighted by molar-refractivity contribution is -0.187. The lowest BCUT2D eigenvalue weighted by Gasteiger charge is -2.06. The monoisotopic (exact) mass is 478 g/mol. The number of carbonyl (C=O) groups excluding carboxylic acids is 4. The number of rotatable bonds is 6. The topological polar surface area (TPSA) is 86.7 Å². The highest BCUT2D eigenvalue weighted by atomic mass is 17.2. The Balaban J connectivity index is 1.35. The van der Waals surface area contributed by atoms with E-state index in [4.69, 9.17) is 0 Å². The van der Waals surface area contributed by atoms with Crippen molar-refractivity contribution in [3.63, 3.8) is 0 Å². The lowest BCUT2D eigenvalue weighted by atomic mass is 10.0. The lowest BCUT2D eigenvalue weighted by Crippen LogP contribution is -2.12. The van der Waals surface area contributed by atoms with Gasteiger partial charge in [-0.15, -0.1) is 0 Å². The molecule has 36 heavy (non-hydrogen) atoms. The van der Waals surface area contributed by atoms with Gasteiger partial charge in [-0.25, -0.2) is 19.4 Å². The van der Waals surface area contributed by atoms with E-state index < -0.39 is 11.9 Å². The molecule has 0 aliphatic rings. The van der Waals surface area contributed by atoms with E-state index >= 15 is 0 Å². The van der Waals surface area contributed by atoms with Crippen molar-refractivity contribution < 1.29 is 29.0 Å². The molecule has 0 unspecified atom stereocenters. The van der Waals surface area contributed by atoms with E-state index in [1.165, 1.54) is 48.5 Å². The summed E-state index contributed by atoms with van der Waals surface area (Å²) in [7, 11) is 0. The standard InChI is InChI=1S/C30H22O6/c1-19-5-3-7-25(17-19)27(31)21-9-13-23(14-10-21)29(33)35-36-30(34)24-15-11-22(12-16-24)28(32)26-8-4-6-20(2)18-26/h3-18H,1-2H3.